The summed E-state index contributed by atoms with van der Waals surface area (Å²) in [5, 5.41) is 13.4. The van der Waals surface area contributed by atoms with Gasteiger partial charge in [0.15, 0.2) is 0 Å². The van der Waals surface area contributed by atoms with Crippen LogP contribution < -0.4 is 5.32 Å². The zero-order chi connectivity index (χ0) is 14.8. The number of nitrogens with one attached hydrogen (secondary N) is 1. The molecule has 1 fully saturated rings. The third kappa shape index (κ3) is 3.29. The Labute approximate surface area is 124 Å². The monoisotopic (exact) mass is 297 g/mol. The fourth-order valence-corrected chi connectivity index (χ4v) is 3.36. The number of hydrogen-bond acceptors (Lipinski definition) is 5. The smallest absolute Gasteiger partial charge is 0.329 e. The van der Waals surface area contributed by atoms with Crippen molar-refractivity contribution >= 4 is 22.6 Å². The Bertz CT molecular complexity index is 471. The van der Waals surface area contributed by atoms with Crippen LogP contribution in [-0.4, -0.2) is 26.0 Å². The highest BCUT2D eigenvalue weighted by molar-refractivity contribution is 7.09. The first-order valence-electron chi connectivity index (χ1n) is 7.19. The van der Waals surface area contributed by atoms with Crippen LogP contribution >= 0.6 is 11.5 Å². The average molecular weight is 297 g/mol. The molecule has 5 nitrogen and oxygen atoms in total. The minimum absolute atomic E-state index is 0.115. The van der Waals surface area contributed by atoms with Gasteiger partial charge in [-0.05, 0) is 12.8 Å². The predicted molar refractivity (Wildman–Crippen MR) is 80.3 cm³/mol. The van der Waals surface area contributed by atoms with Gasteiger partial charge in [0.2, 0.25) is 5.13 Å². The van der Waals surface area contributed by atoms with Gasteiger partial charge < -0.3 is 10.4 Å². The van der Waals surface area contributed by atoms with Crippen molar-refractivity contribution in [3.8, 4) is 0 Å². The van der Waals surface area contributed by atoms with Crippen LogP contribution in [0, 0.1) is 0 Å². The van der Waals surface area contributed by atoms with Gasteiger partial charge in [-0.2, -0.15) is 4.37 Å². The van der Waals surface area contributed by atoms with Crippen LogP contribution in [0.15, 0.2) is 0 Å². The minimum atomic E-state index is -0.870. The molecule has 0 amide bonds. The van der Waals surface area contributed by atoms with Crippen molar-refractivity contribution in [2.75, 3.05) is 5.32 Å². The van der Waals surface area contributed by atoms with Gasteiger partial charge in [0, 0.05) is 16.9 Å². The third-order valence-corrected chi connectivity index (χ3v) is 4.44. The first kappa shape index (κ1) is 15.2. The van der Waals surface area contributed by atoms with E-state index >= 15 is 0 Å². The summed E-state index contributed by atoms with van der Waals surface area (Å²) in [5.41, 5.74) is -0.985. The third-order valence-electron chi connectivity index (χ3n) is 3.81. The van der Waals surface area contributed by atoms with Crippen molar-refractivity contribution in [1.82, 2.24) is 9.36 Å². The Morgan fingerprint density at radius 1 is 1.25 bits per heavy atom. The molecule has 6 heteroatoms. The van der Waals surface area contributed by atoms with E-state index in [1.807, 2.05) is 0 Å². The van der Waals surface area contributed by atoms with Crippen LogP contribution in [0.1, 0.15) is 65.1 Å². The van der Waals surface area contributed by atoms with Gasteiger partial charge >= 0.3 is 5.97 Å². The number of nitrogens with zero attached hydrogens (tertiary/aromatic N) is 2. The van der Waals surface area contributed by atoms with Crippen LogP contribution in [0.4, 0.5) is 5.13 Å². The van der Waals surface area contributed by atoms with Crippen molar-refractivity contribution in [3.63, 3.8) is 0 Å². The van der Waals surface area contributed by atoms with Crippen LogP contribution in [0.2, 0.25) is 0 Å². The topological polar surface area (TPSA) is 75.1 Å². The maximum Gasteiger partial charge on any atom is 0.329 e. The molecule has 0 aliphatic heterocycles. The van der Waals surface area contributed by atoms with Gasteiger partial charge in [-0.25, -0.2) is 9.78 Å². The van der Waals surface area contributed by atoms with Crippen molar-refractivity contribution in [2.45, 2.75) is 70.3 Å². The van der Waals surface area contributed by atoms with Gasteiger partial charge in [0.05, 0.1) is 0 Å². The molecule has 2 N–H and O–H groups in total. The average Bonchev–Trinajstić information content (AvgIpc) is 2.68. The quantitative estimate of drug-likeness (QED) is 0.836. The molecule has 0 radical (unpaired) electrons. The Morgan fingerprint density at radius 2 is 1.85 bits per heavy atom. The largest absolute Gasteiger partial charge is 0.480 e. The molecule has 0 unspecified atom stereocenters. The van der Waals surface area contributed by atoms with Crippen molar-refractivity contribution in [3.05, 3.63) is 5.82 Å². The lowest BCUT2D eigenvalue weighted by Crippen LogP contribution is -2.46. The summed E-state index contributed by atoms with van der Waals surface area (Å²) in [5.74, 6) is -0.00827. The summed E-state index contributed by atoms with van der Waals surface area (Å²) in [4.78, 5) is 16.2. The summed E-state index contributed by atoms with van der Waals surface area (Å²) < 4.78 is 4.34. The Morgan fingerprint density at radius 3 is 2.30 bits per heavy atom. The molecule has 1 aliphatic rings. The number of anilines is 1. The second kappa shape index (κ2) is 5.68. The molecular weight excluding hydrogens is 274 g/mol. The first-order chi connectivity index (χ1) is 9.33. The van der Waals surface area contributed by atoms with E-state index in [2.05, 4.69) is 35.4 Å². The van der Waals surface area contributed by atoms with Gasteiger partial charge in [-0.15, -0.1) is 0 Å². The summed E-state index contributed by atoms with van der Waals surface area (Å²) in [6.07, 6.45) is 5.44. The zero-order valence-corrected chi connectivity index (χ0v) is 13.2. The highest BCUT2D eigenvalue weighted by Gasteiger charge is 2.39. The lowest BCUT2D eigenvalue weighted by Gasteiger charge is -2.28. The number of hydrogen-bond donors (Lipinski definition) is 2. The highest BCUT2D eigenvalue weighted by atomic mass is 32.1. The summed E-state index contributed by atoms with van der Waals surface area (Å²) in [6.45, 7) is 6.16. The molecule has 0 bridgehead atoms. The predicted octanol–water partition coefficient (Wildman–Crippen LogP) is 3.43. The number of aromatic nitrogens is 2. The van der Waals surface area contributed by atoms with Crippen molar-refractivity contribution < 1.29 is 9.90 Å². The summed E-state index contributed by atoms with van der Waals surface area (Å²) in [6, 6.07) is 0. The van der Waals surface area contributed by atoms with Crippen LogP contribution in [-0.2, 0) is 10.2 Å². The van der Waals surface area contributed by atoms with E-state index in [9.17, 15) is 9.90 Å². The number of carboxylic acids is 1. The molecule has 0 spiro atoms. The number of carboxylic acid groups (broad SMARTS) is 1. The Kier molecular flexibility index (Phi) is 4.32. The summed E-state index contributed by atoms with van der Waals surface area (Å²) >= 11 is 1.26. The molecule has 20 heavy (non-hydrogen) atoms. The second-order valence-electron chi connectivity index (χ2n) is 6.60. The molecule has 0 atom stereocenters. The number of aliphatic carboxylic acids is 1. The fourth-order valence-electron chi connectivity index (χ4n) is 2.51. The molecule has 0 saturated heterocycles. The van der Waals surface area contributed by atoms with Gasteiger partial charge in [0.1, 0.15) is 11.4 Å². The van der Waals surface area contributed by atoms with Gasteiger partial charge in [-0.3, -0.25) is 0 Å². The Balaban J connectivity index is 2.20. The van der Waals surface area contributed by atoms with E-state index in [1.165, 1.54) is 11.5 Å². The maximum absolute atomic E-state index is 11.7. The van der Waals surface area contributed by atoms with Crippen molar-refractivity contribution in [1.29, 1.82) is 0 Å². The minimum Gasteiger partial charge on any atom is -0.480 e. The molecule has 1 heterocycles. The molecule has 1 aromatic heterocycles. The Hall–Kier alpha value is -1.17. The van der Waals surface area contributed by atoms with Crippen molar-refractivity contribution in [2.24, 2.45) is 0 Å². The summed E-state index contributed by atoms with van der Waals surface area (Å²) in [7, 11) is 0. The molecular formula is C14H23N3O2S. The molecule has 112 valence electrons. The van der Waals surface area contributed by atoms with E-state index < -0.39 is 11.5 Å². The standard InChI is InChI=1S/C14H23N3O2S/c1-13(2,3)10-15-12(20-17-10)16-14(11(18)19)8-6-4-5-7-9-14/h4-9H2,1-3H3,(H,18,19)(H,15,16,17). The van der Waals surface area contributed by atoms with E-state index in [1.54, 1.807) is 0 Å². The maximum atomic E-state index is 11.7. The van der Waals surface area contributed by atoms with Gasteiger partial charge in [0.25, 0.3) is 0 Å². The molecule has 1 aromatic rings. The fraction of sp³-hybridized carbons (Fsp3) is 0.786. The van der Waals surface area contributed by atoms with E-state index in [0.29, 0.717) is 18.0 Å². The van der Waals surface area contributed by atoms with Crippen LogP contribution in [0.3, 0.4) is 0 Å². The van der Waals surface area contributed by atoms with E-state index in [0.717, 1.165) is 31.5 Å². The lowest BCUT2D eigenvalue weighted by atomic mass is 9.90. The zero-order valence-electron chi connectivity index (χ0n) is 12.4. The number of carbonyl (C=O) groups is 1. The number of rotatable bonds is 3. The van der Waals surface area contributed by atoms with E-state index in [4.69, 9.17) is 0 Å². The highest BCUT2D eigenvalue weighted by Crippen LogP contribution is 2.32. The van der Waals surface area contributed by atoms with E-state index in [-0.39, 0.29) is 5.41 Å². The second-order valence-corrected chi connectivity index (χ2v) is 7.35. The molecule has 1 saturated carbocycles. The lowest BCUT2D eigenvalue weighted by molar-refractivity contribution is -0.142. The first-order valence-corrected chi connectivity index (χ1v) is 7.97. The van der Waals surface area contributed by atoms with Gasteiger partial charge in [-0.1, -0.05) is 46.5 Å². The molecule has 0 aromatic carbocycles. The molecule has 1 aliphatic carbocycles. The van der Waals surface area contributed by atoms with Crippen LogP contribution in [0.25, 0.3) is 0 Å². The normalized spacial score (nSPS) is 19.4. The SMILES string of the molecule is CC(C)(C)c1nsc(NC2(C(=O)O)CCCCCC2)n1. The van der Waals surface area contributed by atoms with Crippen LogP contribution in [0.5, 0.6) is 0 Å². The molecule has 2 rings (SSSR count).